The molecule has 0 saturated heterocycles. The first kappa shape index (κ1) is 15.8. The van der Waals surface area contributed by atoms with Gasteiger partial charge in [-0.05, 0) is 52.9 Å². The molecule has 7 heteroatoms. The van der Waals surface area contributed by atoms with Crippen molar-refractivity contribution in [3.8, 4) is 0 Å². The van der Waals surface area contributed by atoms with Crippen molar-refractivity contribution in [2.24, 2.45) is 0 Å². The molecule has 2 aromatic rings. The lowest BCUT2D eigenvalue weighted by Crippen LogP contribution is -2.00. The number of nitrogens with zero attached hydrogens (tertiary/aromatic N) is 1. The number of hydrogen-bond donors (Lipinski definition) is 0. The topological polar surface area (TPSA) is 69.4 Å². The van der Waals surface area contributed by atoms with E-state index in [4.69, 9.17) is 0 Å². The van der Waals surface area contributed by atoms with Crippen LogP contribution in [-0.2, 0) is 4.74 Å². The van der Waals surface area contributed by atoms with Crippen molar-refractivity contribution in [1.82, 2.24) is 0 Å². The average Bonchev–Trinajstić information content (AvgIpc) is 2.49. The van der Waals surface area contributed by atoms with Crippen molar-refractivity contribution in [2.75, 3.05) is 7.11 Å². The third-order valence-corrected chi connectivity index (χ3v) is 4.97. The number of non-ortho nitro benzene ring substituents is 1. The minimum absolute atomic E-state index is 0.0739. The van der Waals surface area contributed by atoms with E-state index < -0.39 is 4.92 Å². The van der Waals surface area contributed by atoms with Gasteiger partial charge in [0.15, 0.2) is 0 Å². The standard InChI is InChI=1S/C14H10INO4S/c1-20-14(17)9-2-5-11(6-3-9)21-13-7-4-10(16(18)19)8-12(13)15/h2-8H,1H3. The van der Waals surface area contributed by atoms with E-state index in [0.717, 1.165) is 13.4 Å². The number of hydrogen-bond acceptors (Lipinski definition) is 5. The molecule has 2 rings (SSSR count). The van der Waals surface area contributed by atoms with Gasteiger partial charge in [0.1, 0.15) is 0 Å². The summed E-state index contributed by atoms with van der Waals surface area (Å²) in [5.74, 6) is -0.378. The van der Waals surface area contributed by atoms with Gasteiger partial charge in [0, 0.05) is 25.5 Å². The molecule has 0 spiro atoms. The van der Waals surface area contributed by atoms with E-state index in [1.165, 1.54) is 31.0 Å². The number of esters is 1. The van der Waals surface area contributed by atoms with E-state index >= 15 is 0 Å². The Morgan fingerprint density at radius 1 is 1.24 bits per heavy atom. The van der Waals surface area contributed by atoms with Crippen molar-refractivity contribution >= 4 is 46.0 Å². The molecule has 0 heterocycles. The Morgan fingerprint density at radius 3 is 2.43 bits per heavy atom. The highest BCUT2D eigenvalue weighted by molar-refractivity contribution is 14.1. The normalized spacial score (nSPS) is 10.2. The van der Waals surface area contributed by atoms with Gasteiger partial charge < -0.3 is 4.74 Å². The van der Waals surface area contributed by atoms with Gasteiger partial charge in [-0.25, -0.2) is 4.79 Å². The fraction of sp³-hybridized carbons (Fsp3) is 0.0714. The number of rotatable bonds is 4. The van der Waals surface area contributed by atoms with Crippen LogP contribution in [0.15, 0.2) is 52.3 Å². The second-order valence-corrected chi connectivity index (χ2v) is 6.27. The number of nitro benzene ring substituents is 1. The number of carbonyl (C=O) groups excluding carboxylic acids is 1. The molecular formula is C14H10INO4S. The Kier molecular flexibility index (Phi) is 5.18. The van der Waals surface area contributed by atoms with E-state index in [1.807, 2.05) is 12.1 Å². The molecule has 0 bridgehead atoms. The Balaban J connectivity index is 2.18. The molecule has 0 amide bonds. The Bertz CT molecular complexity index is 688. The molecule has 0 atom stereocenters. The van der Waals surface area contributed by atoms with E-state index in [0.29, 0.717) is 5.56 Å². The van der Waals surface area contributed by atoms with Crippen LogP contribution in [0.4, 0.5) is 5.69 Å². The van der Waals surface area contributed by atoms with Crippen LogP contribution in [0.1, 0.15) is 10.4 Å². The lowest BCUT2D eigenvalue weighted by molar-refractivity contribution is -0.385. The van der Waals surface area contributed by atoms with Gasteiger partial charge in [-0.1, -0.05) is 11.8 Å². The fourth-order valence-electron chi connectivity index (χ4n) is 1.59. The molecule has 0 saturated carbocycles. The summed E-state index contributed by atoms with van der Waals surface area (Å²) in [6.07, 6.45) is 0. The maximum atomic E-state index is 11.3. The lowest BCUT2D eigenvalue weighted by Gasteiger charge is -2.05. The molecule has 108 valence electrons. The molecule has 0 aromatic heterocycles. The molecule has 0 radical (unpaired) electrons. The molecule has 21 heavy (non-hydrogen) atoms. The molecule has 0 fully saturated rings. The van der Waals surface area contributed by atoms with Crippen LogP contribution in [0, 0.1) is 13.7 Å². The van der Waals surface area contributed by atoms with Gasteiger partial charge in [0.05, 0.1) is 17.6 Å². The second-order valence-electron chi connectivity index (χ2n) is 3.99. The van der Waals surface area contributed by atoms with Gasteiger partial charge in [0.2, 0.25) is 0 Å². The molecule has 0 aliphatic rings. The second kappa shape index (κ2) is 6.90. The summed E-state index contributed by atoms with van der Waals surface area (Å²) in [5.41, 5.74) is 0.560. The number of methoxy groups -OCH3 is 1. The Morgan fingerprint density at radius 2 is 1.90 bits per heavy atom. The molecule has 2 aromatic carbocycles. The van der Waals surface area contributed by atoms with Crippen LogP contribution in [0.3, 0.4) is 0 Å². The minimum atomic E-state index is -0.415. The molecular weight excluding hydrogens is 405 g/mol. The van der Waals surface area contributed by atoms with Crippen LogP contribution in [-0.4, -0.2) is 18.0 Å². The molecule has 0 N–H and O–H groups in total. The number of halogens is 1. The van der Waals surface area contributed by atoms with Crippen molar-refractivity contribution < 1.29 is 14.5 Å². The zero-order valence-corrected chi connectivity index (χ0v) is 13.9. The van der Waals surface area contributed by atoms with Gasteiger partial charge >= 0.3 is 5.97 Å². The summed E-state index contributed by atoms with van der Waals surface area (Å²) in [7, 11) is 1.34. The van der Waals surface area contributed by atoms with Gasteiger partial charge in [-0.2, -0.15) is 0 Å². The smallest absolute Gasteiger partial charge is 0.337 e. The number of carbonyl (C=O) groups is 1. The molecule has 0 unspecified atom stereocenters. The lowest BCUT2D eigenvalue weighted by atomic mass is 10.2. The zero-order chi connectivity index (χ0) is 15.4. The molecule has 0 aliphatic heterocycles. The van der Waals surface area contributed by atoms with E-state index in [2.05, 4.69) is 27.3 Å². The Labute approximate surface area is 139 Å². The van der Waals surface area contributed by atoms with Crippen LogP contribution in [0.25, 0.3) is 0 Å². The van der Waals surface area contributed by atoms with Crippen LogP contribution < -0.4 is 0 Å². The van der Waals surface area contributed by atoms with E-state index in [1.54, 1.807) is 18.2 Å². The van der Waals surface area contributed by atoms with Crippen molar-refractivity contribution in [1.29, 1.82) is 0 Å². The maximum Gasteiger partial charge on any atom is 0.337 e. The predicted molar refractivity (Wildman–Crippen MR) is 87.7 cm³/mol. The minimum Gasteiger partial charge on any atom is -0.465 e. The summed E-state index contributed by atoms with van der Waals surface area (Å²) in [6.45, 7) is 0. The highest BCUT2D eigenvalue weighted by Crippen LogP contribution is 2.33. The third kappa shape index (κ3) is 3.94. The van der Waals surface area contributed by atoms with Gasteiger partial charge in [0.25, 0.3) is 5.69 Å². The first-order valence-electron chi connectivity index (χ1n) is 5.81. The zero-order valence-electron chi connectivity index (χ0n) is 10.9. The van der Waals surface area contributed by atoms with Crippen LogP contribution in [0.5, 0.6) is 0 Å². The third-order valence-electron chi connectivity index (χ3n) is 2.63. The van der Waals surface area contributed by atoms with E-state index in [9.17, 15) is 14.9 Å². The summed E-state index contributed by atoms with van der Waals surface area (Å²) >= 11 is 3.55. The molecule has 0 aliphatic carbocycles. The fourth-order valence-corrected chi connectivity index (χ4v) is 3.24. The van der Waals surface area contributed by atoms with Gasteiger partial charge in [-0.3, -0.25) is 10.1 Å². The highest BCUT2D eigenvalue weighted by Gasteiger charge is 2.10. The SMILES string of the molecule is COC(=O)c1ccc(Sc2ccc([N+](=O)[O-])cc2I)cc1. The maximum absolute atomic E-state index is 11.3. The van der Waals surface area contributed by atoms with Crippen molar-refractivity contribution in [2.45, 2.75) is 9.79 Å². The van der Waals surface area contributed by atoms with E-state index in [-0.39, 0.29) is 11.7 Å². The summed E-state index contributed by atoms with van der Waals surface area (Å²) in [6, 6.07) is 11.7. The molecule has 5 nitrogen and oxygen atoms in total. The summed E-state index contributed by atoms with van der Waals surface area (Å²) in [4.78, 5) is 23.5. The summed E-state index contributed by atoms with van der Waals surface area (Å²) < 4.78 is 5.45. The van der Waals surface area contributed by atoms with Crippen molar-refractivity contribution in [3.05, 3.63) is 61.7 Å². The van der Waals surface area contributed by atoms with Gasteiger partial charge in [-0.15, -0.1) is 0 Å². The largest absolute Gasteiger partial charge is 0.465 e. The van der Waals surface area contributed by atoms with Crippen molar-refractivity contribution in [3.63, 3.8) is 0 Å². The highest BCUT2D eigenvalue weighted by atomic mass is 127. The number of nitro groups is 1. The summed E-state index contributed by atoms with van der Waals surface area (Å²) in [5, 5.41) is 10.7. The van der Waals surface area contributed by atoms with Crippen LogP contribution in [0.2, 0.25) is 0 Å². The monoisotopic (exact) mass is 415 g/mol. The number of ether oxygens (including phenoxy) is 1. The van der Waals surface area contributed by atoms with Crippen LogP contribution >= 0.6 is 34.4 Å². The first-order valence-corrected chi connectivity index (χ1v) is 7.71. The predicted octanol–water partition coefficient (Wildman–Crippen LogP) is 4.14. The number of benzene rings is 2. The average molecular weight is 415 g/mol. The first-order chi connectivity index (χ1) is 10.0. The Hall–Kier alpha value is -1.61. The quantitative estimate of drug-likeness (QED) is 0.325.